The Bertz CT molecular complexity index is 324. The van der Waals surface area contributed by atoms with Crippen molar-refractivity contribution in [1.82, 2.24) is 14.8 Å². The topological polar surface area (TPSA) is 54.5 Å². The molecular weight excluding hydrogens is 176 g/mol. The van der Waals surface area contributed by atoms with Crippen LogP contribution in [0.25, 0.3) is 0 Å². The molecule has 4 heteroatoms. The molecule has 1 fully saturated rings. The van der Waals surface area contributed by atoms with Gasteiger partial charge in [0.05, 0.1) is 18.0 Å². The van der Waals surface area contributed by atoms with Crippen molar-refractivity contribution in [2.24, 2.45) is 11.8 Å². The van der Waals surface area contributed by atoms with Crippen LogP contribution in [0.15, 0.2) is 12.7 Å². The number of aromatic nitrogens is 3. The molecule has 2 rings (SSSR count). The van der Waals surface area contributed by atoms with Gasteiger partial charge >= 0.3 is 0 Å². The lowest BCUT2D eigenvalue weighted by Crippen LogP contribution is -2.26. The lowest BCUT2D eigenvalue weighted by Gasteiger charge is -2.30. The first-order chi connectivity index (χ1) is 6.81. The van der Waals surface area contributed by atoms with Crippen molar-refractivity contribution in [3.8, 4) is 6.07 Å². The van der Waals surface area contributed by atoms with Crippen LogP contribution in [0.1, 0.15) is 32.2 Å². The van der Waals surface area contributed by atoms with Gasteiger partial charge in [0.1, 0.15) is 12.7 Å². The average molecular weight is 190 g/mol. The van der Waals surface area contributed by atoms with E-state index in [1.165, 1.54) is 6.33 Å². The van der Waals surface area contributed by atoms with Crippen molar-refractivity contribution >= 4 is 0 Å². The summed E-state index contributed by atoms with van der Waals surface area (Å²) in [6.07, 6.45) is 6.44. The van der Waals surface area contributed by atoms with Crippen LogP contribution in [-0.4, -0.2) is 14.8 Å². The van der Waals surface area contributed by atoms with Crippen molar-refractivity contribution in [2.45, 2.75) is 32.2 Å². The van der Waals surface area contributed by atoms with E-state index in [9.17, 15) is 0 Å². The van der Waals surface area contributed by atoms with Gasteiger partial charge in [-0.05, 0) is 25.2 Å². The largest absolute Gasteiger partial charge is 0.249 e. The molecule has 0 spiro atoms. The Labute approximate surface area is 83.6 Å². The minimum absolute atomic E-state index is 0.105. The number of rotatable bonds is 1. The summed E-state index contributed by atoms with van der Waals surface area (Å²) in [5.41, 5.74) is 0. The molecule has 1 aliphatic rings. The highest BCUT2D eigenvalue weighted by molar-refractivity contribution is 4.94. The molecule has 1 aliphatic carbocycles. The molecule has 74 valence electrons. The van der Waals surface area contributed by atoms with Crippen molar-refractivity contribution < 1.29 is 0 Å². The van der Waals surface area contributed by atoms with E-state index in [0.29, 0.717) is 5.92 Å². The summed E-state index contributed by atoms with van der Waals surface area (Å²) in [4.78, 5) is 3.93. The Balaban J connectivity index is 2.18. The zero-order valence-corrected chi connectivity index (χ0v) is 8.30. The van der Waals surface area contributed by atoms with E-state index >= 15 is 0 Å². The zero-order chi connectivity index (χ0) is 9.97. The van der Waals surface area contributed by atoms with E-state index in [1.54, 1.807) is 6.33 Å². The van der Waals surface area contributed by atoms with Crippen LogP contribution in [-0.2, 0) is 0 Å². The van der Waals surface area contributed by atoms with Crippen molar-refractivity contribution in [3.05, 3.63) is 12.7 Å². The third-order valence-corrected chi connectivity index (χ3v) is 3.02. The number of nitrogens with zero attached hydrogens (tertiary/aromatic N) is 4. The summed E-state index contributed by atoms with van der Waals surface area (Å²) in [6.45, 7) is 2.23. The normalized spacial score (nSPS) is 32.4. The molecule has 3 atom stereocenters. The zero-order valence-electron chi connectivity index (χ0n) is 8.30. The van der Waals surface area contributed by atoms with Crippen LogP contribution < -0.4 is 0 Å². The van der Waals surface area contributed by atoms with Crippen LogP contribution in [0.4, 0.5) is 0 Å². The molecular formula is C10H14N4. The molecule has 1 aromatic rings. The molecule has 0 N–H and O–H groups in total. The monoisotopic (exact) mass is 190 g/mol. The van der Waals surface area contributed by atoms with Gasteiger partial charge in [-0.25, -0.2) is 9.67 Å². The maximum Gasteiger partial charge on any atom is 0.137 e. The van der Waals surface area contributed by atoms with Crippen LogP contribution in [0.3, 0.4) is 0 Å². The molecule has 1 aromatic heterocycles. The lowest BCUT2D eigenvalue weighted by atomic mass is 9.80. The summed E-state index contributed by atoms with van der Waals surface area (Å²) in [7, 11) is 0. The molecule has 14 heavy (non-hydrogen) atoms. The number of hydrogen-bond acceptors (Lipinski definition) is 3. The molecule has 1 saturated carbocycles. The van der Waals surface area contributed by atoms with E-state index in [2.05, 4.69) is 23.1 Å². The lowest BCUT2D eigenvalue weighted by molar-refractivity contribution is 0.218. The van der Waals surface area contributed by atoms with Gasteiger partial charge in [-0.15, -0.1) is 0 Å². The smallest absolute Gasteiger partial charge is 0.137 e. The second-order valence-electron chi connectivity index (χ2n) is 4.10. The van der Waals surface area contributed by atoms with Gasteiger partial charge in [0, 0.05) is 0 Å². The van der Waals surface area contributed by atoms with E-state index in [4.69, 9.17) is 5.26 Å². The van der Waals surface area contributed by atoms with Gasteiger partial charge in [0.25, 0.3) is 0 Å². The molecule has 0 radical (unpaired) electrons. The second-order valence-corrected chi connectivity index (χ2v) is 4.10. The quantitative estimate of drug-likeness (QED) is 0.678. The van der Waals surface area contributed by atoms with Crippen molar-refractivity contribution in [1.29, 1.82) is 5.26 Å². The predicted molar refractivity (Wildman–Crippen MR) is 51.2 cm³/mol. The van der Waals surface area contributed by atoms with E-state index in [1.807, 2.05) is 4.68 Å². The van der Waals surface area contributed by atoms with Crippen molar-refractivity contribution in [2.75, 3.05) is 0 Å². The molecule has 0 amide bonds. The second kappa shape index (κ2) is 3.79. The molecule has 0 bridgehead atoms. The fourth-order valence-electron chi connectivity index (χ4n) is 2.18. The fraction of sp³-hybridized carbons (Fsp3) is 0.700. The van der Waals surface area contributed by atoms with Gasteiger partial charge in [-0.2, -0.15) is 10.4 Å². The maximum absolute atomic E-state index is 9.03. The minimum Gasteiger partial charge on any atom is -0.249 e. The minimum atomic E-state index is 0.105. The number of nitriles is 1. The Morgan fingerprint density at radius 3 is 3.00 bits per heavy atom. The van der Waals surface area contributed by atoms with Gasteiger partial charge in [-0.1, -0.05) is 6.92 Å². The molecule has 0 saturated heterocycles. The van der Waals surface area contributed by atoms with Crippen LogP contribution in [0.5, 0.6) is 0 Å². The highest BCUT2D eigenvalue weighted by Crippen LogP contribution is 2.35. The average Bonchev–Trinajstić information content (AvgIpc) is 2.70. The van der Waals surface area contributed by atoms with E-state index in [0.717, 1.165) is 19.3 Å². The predicted octanol–water partition coefficient (Wildman–Crippen LogP) is 1.78. The Hall–Kier alpha value is -1.37. The standard InChI is InChI=1S/C10H14N4/c1-8-2-3-9(5-11)10(4-8)14-7-12-6-13-14/h6-10H,2-4H2,1H3. The summed E-state index contributed by atoms with van der Waals surface area (Å²) >= 11 is 0. The first kappa shape index (κ1) is 9.20. The van der Waals surface area contributed by atoms with E-state index in [-0.39, 0.29) is 12.0 Å². The van der Waals surface area contributed by atoms with Gasteiger partial charge < -0.3 is 0 Å². The molecule has 0 aliphatic heterocycles. The Morgan fingerprint density at radius 1 is 1.50 bits per heavy atom. The molecule has 1 heterocycles. The highest BCUT2D eigenvalue weighted by Gasteiger charge is 2.30. The summed E-state index contributed by atoms with van der Waals surface area (Å²) < 4.78 is 1.84. The third-order valence-electron chi connectivity index (χ3n) is 3.02. The van der Waals surface area contributed by atoms with Crippen molar-refractivity contribution in [3.63, 3.8) is 0 Å². The van der Waals surface area contributed by atoms with Gasteiger partial charge in [-0.3, -0.25) is 0 Å². The third kappa shape index (κ3) is 1.63. The van der Waals surface area contributed by atoms with Gasteiger partial charge in [0.2, 0.25) is 0 Å². The number of hydrogen-bond donors (Lipinski definition) is 0. The highest BCUT2D eigenvalue weighted by atomic mass is 15.3. The SMILES string of the molecule is CC1CCC(C#N)C(n2cncn2)C1. The first-order valence-electron chi connectivity index (χ1n) is 5.05. The molecule has 3 unspecified atom stereocenters. The summed E-state index contributed by atoms with van der Waals surface area (Å²) in [6, 6.07) is 2.60. The Kier molecular flexibility index (Phi) is 2.49. The van der Waals surface area contributed by atoms with Gasteiger partial charge in [0.15, 0.2) is 0 Å². The molecule has 4 nitrogen and oxygen atoms in total. The van der Waals surface area contributed by atoms with Crippen LogP contribution in [0.2, 0.25) is 0 Å². The first-order valence-corrected chi connectivity index (χ1v) is 5.05. The van der Waals surface area contributed by atoms with Crippen LogP contribution >= 0.6 is 0 Å². The van der Waals surface area contributed by atoms with Crippen LogP contribution in [0, 0.1) is 23.2 Å². The fourth-order valence-corrected chi connectivity index (χ4v) is 2.18. The maximum atomic E-state index is 9.03. The Morgan fingerprint density at radius 2 is 2.36 bits per heavy atom. The molecule has 0 aromatic carbocycles. The summed E-state index contributed by atoms with van der Waals surface area (Å²) in [5.74, 6) is 0.793. The van der Waals surface area contributed by atoms with E-state index < -0.39 is 0 Å². The summed E-state index contributed by atoms with van der Waals surface area (Å²) in [5, 5.41) is 13.2.